The number of amides is 4. The number of hydrogen-bond acceptors (Lipinski definition) is 9. The number of imide groups is 2. The topological polar surface area (TPSA) is 228 Å². The third-order valence-electron chi connectivity index (χ3n) is 4.33. The Hall–Kier alpha value is -4.37. The van der Waals surface area contributed by atoms with E-state index in [0.29, 0.717) is 0 Å². The number of urea groups is 1. The van der Waals surface area contributed by atoms with E-state index in [9.17, 15) is 42.0 Å². The molecule has 6 N–H and O–H groups in total. The molecule has 1 saturated heterocycles. The number of barbiturate groups is 1. The first-order valence-electron chi connectivity index (χ1n) is 8.15. The molecule has 2 aromatic rings. The second-order valence-corrected chi connectivity index (χ2v) is 7.66. The third kappa shape index (κ3) is 3.22. The highest BCUT2D eigenvalue weighted by atomic mass is 32.2. The molecule has 1 fully saturated rings. The fraction of sp³-hybridized carbons (Fsp3) is 0. The number of rotatable bonds is 2. The highest BCUT2D eigenvalue weighted by Gasteiger charge is 2.36. The Morgan fingerprint density at radius 3 is 2.13 bits per heavy atom. The molecule has 3 heterocycles. The van der Waals surface area contributed by atoms with Crippen molar-refractivity contribution in [1.82, 2.24) is 20.6 Å². The first kappa shape index (κ1) is 19.9. The zero-order valence-electron chi connectivity index (χ0n) is 14.8. The number of nitrogens with zero attached hydrogens (tertiary/aromatic N) is 1. The number of carbonyl (C=O) groups is 3. The quantitative estimate of drug-likeness (QED) is 0.169. The van der Waals surface area contributed by atoms with Gasteiger partial charge >= 0.3 is 11.7 Å². The second-order valence-electron chi connectivity index (χ2n) is 6.24. The largest absolute Gasteiger partial charge is 0.494 e. The predicted molar refractivity (Wildman–Crippen MR) is 99.8 cm³/mol. The van der Waals surface area contributed by atoms with Crippen LogP contribution in [0.15, 0.2) is 43.2 Å². The van der Waals surface area contributed by atoms with Crippen molar-refractivity contribution in [3.8, 4) is 5.88 Å². The highest BCUT2D eigenvalue weighted by molar-refractivity contribution is 7.85. The second kappa shape index (κ2) is 6.57. The minimum atomic E-state index is -4.71. The molecule has 1 aromatic carbocycles. The Balaban J connectivity index is 2.08. The van der Waals surface area contributed by atoms with Crippen LogP contribution < -0.4 is 21.9 Å². The van der Waals surface area contributed by atoms with Crippen molar-refractivity contribution < 1.29 is 32.5 Å². The van der Waals surface area contributed by atoms with Crippen LogP contribution in [0, 0.1) is 0 Å². The molecule has 0 radical (unpaired) electrons. The summed E-state index contributed by atoms with van der Waals surface area (Å²) in [5.41, 5.74) is -4.32. The van der Waals surface area contributed by atoms with Crippen molar-refractivity contribution in [2.24, 2.45) is 4.99 Å². The number of aromatic nitrogens is 2. The maximum atomic E-state index is 12.3. The van der Waals surface area contributed by atoms with Crippen molar-refractivity contribution in [2.45, 2.75) is 4.90 Å². The highest BCUT2D eigenvalue weighted by Crippen LogP contribution is 2.36. The SMILES string of the molecule is O=C1NC(=O)C(=C2N=C(c3c(O)[nH]c(=O)[nH]c3=O)c3cc(S(=O)(=O)O)ccc32)C(=O)N1. The average Bonchev–Trinajstić information content (AvgIpc) is 2.98. The molecule has 15 heteroatoms. The molecule has 0 atom stereocenters. The molecule has 0 spiro atoms. The first-order chi connectivity index (χ1) is 14.5. The predicted octanol–water partition coefficient (Wildman–Crippen LogP) is -2.06. The normalized spacial score (nSPS) is 16.0. The lowest BCUT2D eigenvalue weighted by atomic mass is 9.98. The minimum absolute atomic E-state index is 0.0259. The average molecular weight is 447 g/mol. The molecule has 2 aliphatic heterocycles. The summed E-state index contributed by atoms with van der Waals surface area (Å²) in [7, 11) is -4.71. The Morgan fingerprint density at radius 2 is 1.55 bits per heavy atom. The Labute approximate surface area is 170 Å². The monoisotopic (exact) mass is 447 g/mol. The van der Waals surface area contributed by atoms with Crippen LogP contribution in [0.3, 0.4) is 0 Å². The molecular formula is C16H9N5O9S. The summed E-state index contributed by atoms with van der Waals surface area (Å²) in [6.07, 6.45) is 0. The lowest BCUT2D eigenvalue weighted by Crippen LogP contribution is -2.51. The molecule has 1 aromatic heterocycles. The van der Waals surface area contributed by atoms with Gasteiger partial charge < -0.3 is 5.11 Å². The van der Waals surface area contributed by atoms with Crippen molar-refractivity contribution in [2.75, 3.05) is 0 Å². The summed E-state index contributed by atoms with van der Waals surface area (Å²) in [5.74, 6) is -3.15. The van der Waals surface area contributed by atoms with Gasteiger partial charge in [0.05, 0.1) is 16.3 Å². The molecule has 0 aliphatic carbocycles. The van der Waals surface area contributed by atoms with Gasteiger partial charge in [-0.25, -0.2) is 14.6 Å². The number of nitrogens with one attached hydrogen (secondary N) is 4. The van der Waals surface area contributed by atoms with Gasteiger partial charge in [-0.1, -0.05) is 6.07 Å². The van der Waals surface area contributed by atoms with Gasteiger partial charge in [0.25, 0.3) is 27.5 Å². The molecule has 0 bridgehead atoms. The van der Waals surface area contributed by atoms with Crippen molar-refractivity contribution in [3.05, 3.63) is 61.3 Å². The number of carbonyl (C=O) groups excluding carboxylic acids is 3. The zero-order chi connectivity index (χ0) is 22.7. The molecule has 2 aliphatic rings. The summed E-state index contributed by atoms with van der Waals surface area (Å²) in [6, 6.07) is 1.88. The number of aromatic hydroxyl groups is 1. The molecule has 0 unspecified atom stereocenters. The van der Waals surface area contributed by atoms with Crippen molar-refractivity contribution in [1.29, 1.82) is 0 Å². The standard InChI is InChI=1S/C16H9N5O9S/c22-11-7(12(23)19-15(26)18-11)9-5-2-1-4(31(28,29)30)3-6(5)10(17-9)8-13(24)20-16(27)21-14(8)25/h1-3H,(H,28,29,30)(H2,18,19,22,23,26)(H3,20,21,24,25,27). The number of benzene rings is 1. The maximum Gasteiger partial charge on any atom is 0.328 e. The fourth-order valence-corrected chi connectivity index (χ4v) is 3.58. The van der Waals surface area contributed by atoms with E-state index in [-0.39, 0.29) is 16.8 Å². The van der Waals surface area contributed by atoms with E-state index in [0.717, 1.165) is 18.2 Å². The molecule has 4 rings (SSSR count). The number of hydrogen-bond donors (Lipinski definition) is 6. The molecule has 14 nitrogen and oxygen atoms in total. The van der Waals surface area contributed by atoms with E-state index in [4.69, 9.17) is 0 Å². The molecular weight excluding hydrogens is 438 g/mol. The van der Waals surface area contributed by atoms with Crippen molar-refractivity contribution in [3.63, 3.8) is 0 Å². The zero-order valence-corrected chi connectivity index (χ0v) is 15.7. The third-order valence-corrected chi connectivity index (χ3v) is 5.18. The number of aromatic amines is 2. The van der Waals surface area contributed by atoms with Crippen LogP contribution >= 0.6 is 0 Å². The van der Waals surface area contributed by atoms with Gasteiger partial charge in [0, 0.05) is 11.1 Å². The summed E-state index contributed by atoms with van der Waals surface area (Å²) in [6.45, 7) is 0. The summed E-state index contributed by atoms with van der Waals surface area (Å²) < 4.78 is 32.4. The van der Waals surface area contributed by atoms with Gasteiger partial charge in [0.15, 0.2) is 0 Å². The van der Waals surface area contributed by atoms with Gasteiger partial charge in [0.1, 0.15) is 11.1 Å². The summed E-state index contributed by atoms with van der Waals surface area (Å²) >= 11 is 0. The van der Waals surface area contributed by atoms with Crippen LogP contribution in [0.5, 0.6) is 5.88 Å². The Morgan fingerprint density at radius 1 is 0.903 bits per heavy atom. The van der Waals surface area contributed by atoms with Crippen molar-refractivity contribution >= 4 is 39.4 Å². The summed E-state index contributed by atoms with van der Waals surface area (Å²) in [5, 5.41) is 13.8. The maximum absolute atomic E-state index is 12.3. The van der Waals surface area contributed by atoms with E-state index in [1.807, 2.05) is 20.6 Å². The Kier molecular flexibility index (Phi) is 4.23. The van der Waals surface area contributed by atoms with Crippen LogP contribution in [0.4, 0.5) is 4.79 Å². The van der Waals surface area contributed by atoms with E-state index in [2.05, 4.69) is 4.99 Å². The minimum Gasteiger partial charge on any atom is -0.494 e. The van der Waals surface area contributed by atoms with Gasteiger partial charge in [-0.05, 0) is 12.1 Å². The lowest BCUT2D eigenvalue weighted by Gasteiger charge is -2.15. The number of H-pyrrole nitrogens is 2. The number of aliphatic imine (C=N–C) groups is 1. The molecule has 158 valence electrons. The van der Waals surface area contributed by atoms with Gasteiger partial charge in [-0.15, -0.1) is 0 Å². The molecule has 0 saturated carbocycles. The lowest BCUT2D eigenvalue weighted by molar-refractivity contribution is -0.123. The first-order valence-corrected chi connectivity index (χ1v) is 9.59. The fourth-order valence-electron chi connectivity index (χ4n) is 3.07. The van der Waals surface area contributed by atoms with Crippen LogP contribution in [0.1, 0.15) is 16.7 Å². The van der Waals surface area contributed by atoms with Crippen LogP contribution in [-0.2, 0) is 19.7 Å². The van der Waals surface area contributed by atoms with Crippen LogP contribution in [0.25, 0.3) is 5.70 Å². The van der Waals surface area contributed by atoms with Gasteiger partial charge in [-0.3, -0.25) is 39.5 Å². The van der Waals surface area contributed by atoms with E-state index >= 15 is 0 Å². The van der Waals surface area contributed by atoms with E-state index in [1.54, 1.807) is 0 Å². The molecule has 4 amide bonds. The van der Waals surface area contributed by atoms with Gasteiger partial charge in [0.2, 0.25) is 5.88 Å². The summed E-state index contributed by atoms with van der Waals surface area (Å²) in [4.78, 5) is 66.7. The van der Waals surface area contributed by atoms with E-state index < -0.39 is 66.8 Å². The smallest absolute Gasteiger partial charge is 0.328 e. The van der Waals surface area contributed by atoms with Crippen LogP contribution in [0.2, 0.25) is 0 Å². The van der Waals surface area contributed by atoms with Gasteiger partial charge in [-0.2, -0.15) is 8.42 Å². The van der Waals surface area contributed by atoms with Crippen LogP contribution in [-0.4, -0.2) is 51.6 Å². The molecule has 31 heavy (non-hydrogen) atoms. The number of fused-ring (bicyclic) bond motifs is 1. The van der Waals surface area contributed by atoms with E-state index in [1.165, 1.54) is 0 Å². The Bertz CT molecular complexity index is 1490.